The maximum atomic E-state index is 10.9. The number of rotatable bonds is 3. The Kier molecular flexibility index (Phi) is 3.19. The molecule has 1 amide bonds. The van der Waals surface area contributed by atoms with Crippen LogP contribution in [0.5, 0.6) is 11.5 Å². The van der Waals surface area contributed by atoms with Gasteiger partial charge in [-0.05, 0) is 12.1 Å². The molecule has 0 aromatic heterocycles. The minimum absolute atomic E-state index is 0.295. The van der Waals surface area contributed by atoms with Gasteiger partial charge in [0.2, 0.25) is 5.91 Å². The molecular weight excluding hydrogens is 206 g/mol. The summed E-state index contributed by atoms with van der Waals surface area (Å²) in [6, 6.07) is 2.93. The van der Waals surface area contributed by atoms with Crippen molar-refractivity contribution in [2.45, 2.75) is 0 Å². The summed E-state index contributed by atoms with van der Waals surface area (Å²) in [5.74, 6) is 0.165. The van der Waals surface area contributed by atoms with Crippen LogP contribution in [0.3, 0.4) is 0 Å². The molecule has 0 aliphatic heterocycles. The number of benzene rings is 1. The predicted molar refractivity (Wildman–Crippen MR) is 53.1 cm³/mol. The summed E-state index contributed by atoms with van der Waals surface area (Å²) in [6.45, 7) is 0. The van der Waals surface area contributed by atoms with Crippen LogP contribution in [0, 0.1) is 0 Å². The van der Waals surface area contributed by atoms with Gasteiger partial charge in [-0.15, -0.1) is 0 Å². The van der Waals surface area contributed by atoms with E-state index in [9.17, 15) is 4.79 Å². The molecule has 0 fully saturated rings. The van der Waals surface area contributed by atoms with Crippen molar-refractivity contribution >= 4 is 17.5 Å². The van der Waals surface area contributed by atoms with Gasteiger partial charge in [0, 0.05) is 5.56 Å². The van der Waals surface area contributed by atoms with Gasteiger partial charge in [0.25, 0.3) is 0 Å². The Hall–Kier alpha value is -1.42. The zero-order valence-electron chi connectivity index (χ0n) is 7.83. The van der Waals surface area contributed by atoms with E-state index in [4.69, 9.17) is 26.8 Å². The molecule has 0 heterocycles. The van der Waals surface area contributed by atoms with E-state index in [0.29, 0.717) is 22.1 Å². The Labute approximate surface area is 86.6 Å². The highest BCUT2D eigenvalue weighted by Crippen LogP contribution is 2.34. The van der Waals surface area contributed by atoms with E-state index in [1.165, 1.54) is 26.4 Å². The van der Waals surface area contributed by atoms with Crippen LogP contribution in [-0.4, -0.2) is 20.1 Å². The second kappa shape index (κ2) is 4.19. The minimum atomic E-state index is -0.557. The highest BCUT2D eigenvalue weighted by Gasteiger charge is 2.12. The molecule has 0 aliphatic carbocycles. The molecule has 0 radical (unpaired) electrons. The van der Waals surface area contributed by atoms with Crippen molar-refractivity contribution in [1.29, 1.82) is 0 Å². The van der Waals surface area contributed by atoms with Crippen molar-refractivity contribution in [1.82, 2.24) is 0 Å². The first-order chi connectivity index (χ1) is 6.60. The molecular formula is C9H10ClNO3. The Morgan fingerprint density at radius 1 is 1.29 bits per heavy atom. The van der Waals surface area contributed by atoms with Crippen LogP contribution < -0.4 is 15.2 Å². The molecule has 1 rings (SSSR count). The van der Waals surface area contributed by atoms with Crippen molar-refractivity contribution in [2.75, 3.05) is 14.2 Å². The molecule has 5 heteroatoms. The number of ether oxygens (including phenoxy) is 2. The van der Waals surface area contributed by atoms with Gasteiger partial charge in [-0.2, -0.15) is 0 Å². The molecule has 76 valence electrons. The molecule has 0 saturated heterocycles. The lowest BCUT2D eigenvalue weighted by Crippen LogP contribution is -2.11. The number of nitrogens with two attached hydrogens (primary N) is 1. The fourth-order valence-electron chi connectivity index (χ4n) is 1.01. The van der Waals surface area contributed by atoms with Crippen molar-refractivity contribution in [3.05, 3.63) is 22.7 Å². The zero-order chi connectivity index (χ0) is 10.7. The van der Waals surface area contributed by atoms with Gasteiger partial charge >= 0.3 is 0 Å². The molecule has 0 unspecified atom stereocenters. The number of primary amides is 1. The Morgan fingerprint density at radius 2 is 1.71 bits per heavy atom. The van der Waals surface area contributed by atoms with Gasteiger partial charge in [0.15, 0.2) is 0 Å². The minimum Gasteiger partial charge on any atom is -0.495 e. The second-order valence-corrected chi connectivity index (χ2v) is 2.94. The topological polar surface area (TPSA) is 61.5 Å². The quantitative estimate of drug-likeness (QED) is 0.830. The average Bonchev–Trinajstić information content (AvgIpc) is 2.17. The van der Waals surface area contributed by atoms with Gasteiger partial charge in [0.05, 0.1) is 14.2 Å². The van der Waals surface area contributed by atoms with E-state index < -0.39 is 5.91 Å². The summed E-state index contributed by atoms with van der Waals surface area (Å²) < 4.78 is 9.92. The van der Waals surface area contributed by atoms with E-state index in [0.717, 1.165) is 0 Å². The predicted octanol–water partition coefficient (Wildman–Crippen LogP) is 1.46. The van der Waals surface area contributed by atoms with E-state index in [2.05, 4.69) is 0 Å². The van der Waals surface area contributed by atoms with E-state index in [-0.39, 0.29) is 0 Å². The van der Waals surface area contributed by atoms with Gasteiger partial charge in [0.1, 0.15) is 16.5 Å². The number of methoxy groups -OCH3 is 2. The lowest BCUT2D eigenvalue weighted by Gasteiger charge is -2.09. The smallest absolute Gasteiger partial charge is 0.248 e. The van der Waals surface area contributed by atoms with Gasteiger partial charge in [-0.3, -0.25) is 4.79 Å². The molecule has 0 bridgehead atoms. The number of carbonyl (C=O) groups excluding carboxylic acids is 1. The SMILES string of the molecule is COc1cc(C(N)=O)cc(OC)c1Cl. The highest BCUT2D eigenvalue weighted by molar-refractivity contribution is 6.33. The first kappa shape index (κ1) is 10.7. The van der Waals surface area contributed by atoms with Crippen LogP contribution >= 0.6 is 11.6 Å². The summed E-state index contributed by atoms with van der Waals surface area (Å²) in [7, 11) is 2.90. The third-order valence-electron chi connectivity index (χ3n) is 1.73. The van der Waals surface area contributed by atoms with Gasteiger partial charge < -0.3 is 15.2 Å². The van der Waals surface area contributed by atoms with Crippen LogP contribution in [-0.2, 0) is 0 Å². The van der Waals surface area contributed by atoms with Crippen LogP contribution in [0.4, 0.5) is 0 Å². The van der Waals surface area contributed by atoms with Crippen molar-refractivity contribution in [3.8, 4) is 11.5 Å². The van der Waals surface area contributed by atoms with Gasteiger partial charge in [-0.1, -0.05) is 11.6 Å². The molecule has 2 N–H and O–H groups in total. The van der Waals surface area contributed by atoms with E-state index in [1.54, 1.807) is 0 Å². The molecule has 0 saturated carbocycles. The van der Waals surface area contributed by atoms with Crippen molar-refractivity contribution in [3.63, 3.8) is 0 Å². The molecule has 0 atom stereocenters. The summed E-state index contributed by atoms with van der Waals surface area (Å²) >= 11 is 5.88. The summed E-state index contributed by atoms with van der Waals surface area (Å²) in [5, 5.41) is 0.319. The third kappa shape index (κ3) is 1.90. The Bertz CT molecular complexity index is 340. The van der Waals surface area contributed by atoms with Crippen molar-refractivity contribution in [2.24, 2.45) is 5.73 Å². The normalized spacial score (nSPS) is 9.64. The standard InChI is InChI=1S/C9H10ClNO3/c1-13-6-3-5(9(11)12)4-7(14-2)8(6)10/h3-4H,1-2H3,(H2,11,12). The monoisotopic (exact) mass is 215 g/mol. The summed E-state index contributed by atoms with van der Waals surface area (Å²) in [4.78, 5) is 10.9. The number of carbonyl (C=O) groups is 1. The maximum Gasteiger partial charge on any atom is 0.248 e. The van der Waals surface area contributed by atoms with Gasteiger partial charge in [-0.25, -0.2) is 0 Å². The first-order valence-corrected chi connectivity index (χ1v) is 4.19. The van der Waals surface area contributed by atoms with Crippen LogP contribution in [0.25, 0.3) is 0 Å². The highest BCUT2D eigenvalue weighted by atomic mass is 35.5. The summed E-state index contributed by atoms with van der Waals surface area (Å²) in [6.07, 6.45) is 0. The van der Waals surface area contributed by atoms with Crippen molar-refractivity contribution < 1.29 is 14.3 Å². The fraction of sp³-hybridized carbons (Fsp3) is 0.222. The molecule has 0 spiro atoms. The Balaban J connectivity index is 3.32. The summed E-state index contributed by atoms with van der Waals surface area (Å²) in [5.41, 5.74) is 5.41. The molecule has 4 nitrogen and oxygen atoms in total. The largest absolute Gasteiger partial charge is 0.495 e. The Morgan fingerprint density at radius 3 is 2.00 bits per heavy atom. The lowest BCUT2D eigenvalue weighted by atomic mass is 10.2. The lowest BCUT2D eigenvalue weighted by molar-refractivity contribution is 0.0999. The number of amides is 1. The molecule has 1 aromatic rings. The number of hydrogen-bond acceptors (Lipinski definition) is 3. The molecule has 0 aliphatic rings. The van der Waals surface area contributed by atoms with E-state index in [1.807, 2.05) is 0 Å². The van der Waals surface area contributed by atoms with Crippen LogP contribution in [0.1, 0.15) is 10.4 Å². The molecule has 14 heavy (non-hydrogen) atoms. The number of halogens is 1. The first-order valence-electron chi connectivity index (χ1n) is 3.81. The second-order valence-electron chi connectivity index (χ2n) is 2.56. The van der Waals surface area contributed by atoms with E-state index >= 15 is 0 Å². The average molecular weight is 216 g/mol. The third-order valence-corrected chi connectivity index (χ3v) is 2.10. The van der Waals surface area contributed by atoms with Crippen LogP contribution in [0.2, 0.25) is 5.02 Å². The maximum absolute atomic E-state index is 10.9. The number of hydrogen-bond donors (Lipinski definition) is 1. The zero-order valence-corrected chi connectivity index (χ0v) is 8.59. The van der Waals surface area contributed by atoms with Crippen LogP contribution in [0.15, 0.2) is 12.1 Å². The molecule has 1 aromatic carbocycles. The fourth-order valence-corrected chi connectivity index (χ4v) is 1.28.